The SMILES string of the molecule is C=C/C=C(\C=C/C)C(=O)Nc1nc2ccc(C(N)=O)nc2n1CCCN1CCCCC1. The Morgan fingerprint density at radius 2 is 1.97 bits per heavy atom. The number of rotatable bonds is 9. The third kappa shape index (κ3) is 5.67. The standard InChI is InChI=1S/C23H30N6O2/c1-3-9-17(10-4-2)22(31)27-23-26-19-12-11-18(20(24)30)25-21(19)29(23)16-8-15-28-13-6-5-7-14-28/h3-4,9-12H,1,5-8,13-16H2,2H3,(H2,24,30)(H,26,27,31)/b10-4-,17-9+. The van der Waals surface area contributed by atoms with Gasteiger partial charge in [0.15, 0.2) is 5.65 Å². The summed E-state index contributed by atoms with van der Waals surface area (Å²) < 4.78 is 1.85. The zero-order chi connectivity index (χ0) is 22.2. The van der Waals surface area contributed by atoms with Crippen LogP contribution in [-0.4, -0.2) is 50.9 Å². The molecule has 1 aliphatic rings. The fourth-order valence-corrected chi connectivity index (χ4v) is 3.77. The minimum absolute atomic E-state index is 0.170. The first-order chi connectivity index (χ1) is 15.0. The molecule has 1 fully saturated rings. The summed E-state index contributed by atoms with van der Waals surface area (Å²) in [5.74, 6) is -0.495. The number of allylic oxidation sites excluding steroid dienone is 3. The second-order valence-electron chi connectivity index (χ2n) is 7.56. The number of aryl methyl sites for hydroxylation is 1. The number of nitrogens with two attached hydrogens (primary N) is 1. The summed E-state index contributed by atoms with van der Waals surface area (Å²) in [5, 5.41) is 2.88. The molecular formula is C23H30N6O2. The van der Waals surface area contributed by atoms with E-state index in [4.69, 9.17) is 5.73 Å². The maximum Gasteiger partial charge on any atom is 0.267 e. The van der Waals surface area contributed by atoms with E-state index in [-0.39, 0.29) is 11.6 Å². The number of hydrogen-bond donors (Lipinski definition) is 2. The minimum atomic E-state index is -0.599. The maximum atomic E-state index is 12.8. The van der Waals surface area contributed by atoms with E-state index in [9.17, 15) is 9.59 Å². The molecule has 0 aromatic carbocycles. The zero-order valence-electron chi connectivity index (χ0n) is 18.0. The lowest BCUT2D eigenvalue weighted by molar-refractivity contribution is -0.112. The van der Waals surface area contributed by atoms with Gasteiger partial charge >= 0.3 is 0 Å². The predicted molar refractivity (Wildman–Crippen MR) is 123 cm³/mol. The zero-order valence-corrected chi connectivity index (χ0v) is 18.0. The number of aromatic nitrogens is 3. The van der Waals surface area contributed by atoms with Crippen molar-refractivity contribution < 1.29 is 9.59 Å². The Bertz CT molecular complexity index is 1010. The van der Waals surface area contributed by atoms with E-state index in [0.29, 0.717) is 29.2 Å². The Hall–Kier alpha value is -3.26. The molecule has 3 N–H and O–H groups in total. The largest absolute Gasteiger partial charge is 0.364 e. The molecule has 1 saturated heterocycles. The predicted octanol–water partition coefficient (Wildman–Crippen LogP) is 3.03. The van der Waals surface area contributed by atoms with Crippen LogP contribution in [0.1, 0.15) is 43.1 Å². The molecule has 164 valence electrons. The summed E-state index contributed by atoms with van der Waals surface area (Å²) in [6.45, 7) is 9.33. The summed E-state index contributed by atoms with van der Waals surface area (Å²) in [6, 6.07) is 3.25. The van der Waals surface area contributed by atoms with Crippen LogP contribution in [0.4, 0.5) is 5.95 Å². The average Bonchev–Trinajstić information content (AvgIpc) is 3.10. The molecule has 3 heterocycles. The highest BCUT2D eigenvalue weighted by Crippen LogP contribution is 2.20. The molecule has 0 saturated carbocycles. The van der Waals surface area contributed by atoms with E-state index in [2.05, 4.69) is 26.8 Å². The molecule has 2 aromatic heterocycles. The van der Waals surface area contributed by atoms with E-state index in [1.54, 1.807) is 36.4 Å². The van der Waals surface area contributed by atoms with Crippen molar-refractivity contribution in [1.29, 1.82) is 0 Å². The molecule has 0 atom stereocenters. The molecule has 0 unspecified atom stereocenters. The van der Waals surface area contributed by atoms with Gasteiger partial charge in [-0.1, -0.05) is 37.3 Å². The van der Waals surface area contributed by atoms with E-state index in [1.165, 1.54) is 19.3 Å². The molecular weight excluding hydrogens is 392 g/mol. The minimum Gasteiger partial charge on any atom is -0.364 e. The first-order valence-corrected chi connectivity index (χ1v) is 10.7. The molecule has 0 bridgehead atoms. The van der Waals surface area contributed by atoms with Crippen molar-refractivity contribution in [3.8, 4) is 0 Å². The number of imidazole rings is 1. The number of pyridine rings is 1. The van der Waals surface area contributed by atoms with Crippen LogP contribution in [0.3, 0.4) is 0 Å². The van der Waals surface area contributed by atoms with Crippen LogP contribution in [-0.2, 0) is 11.3 Å². The molecule has 31 heavy (non-hydrogen) atoms. The number of piperidine rings is 1. The van der Waals surface area contributed by atoms with Gasteiger partial charge in [0.25, 0.3) is 11.8 Å². The smallest absolute Gasteiger partial charge is 0.267 e. The monoisotopic (exact) mass is 422 g/mol. The van der Waals surface area contributed by atoms with Crippen molar-refractivity contribution in [1.82, 2.24) is 19.4 Å². The van der Waals surface area contributed by atoms with Gasteiger partial charge in [0.05, 0.1) is 0 Å². The van der Waals surface area contributed by atoms with Crippen LogP contribution in [0.15, 0.2) is 48.6 Å². The first kappa shape index (κ1) is 22.4. The highest BCUT2D eigenvalue weighted by atomic mass is 16.2. The van der Waals surface area contributed by atoms with Gasteiger partial charge in [0, 0.05) is 12.1 Å². The van der Waals surface area contributed by atoms with Gasteiger partial charge in [-0.2, -0.15) is 0 Å². The molecule has 2 aromatic rings. The number of fused-ring (bicyclic) bond motifs is 1. The number of nitrogens with one attached hydrogen (secondary N) is 1. The van der Waals surface area contributed by atoms with Crippen molar-refractivity contribution in [2.24, 2.45) is 5.73 Å². The second kappa shape index (κ2) is 10.7. The van der Waals surface area contributed by atoms with Crippen molar-refractivity contribution in [2.45, 2.75) is 39.2 Å². The van der Waals surface area contributed by atoms with Crippen LogP contribution in [0.5, 0.6) is 0 Å². The lowest BCUT2D eigenvalue weighted by Crippen LogP contribution is -2.31. The van der Waals surface area contributed by atoms with Gasteiger partial charge < -0.3 is 10.6 Å². The number of amides is 2. The molecule has 2 amide bonds. The first-order valence-electron chi connectivity index (χ1n) is 10.7. The Morgan fingerprint density at radius 3 is 2.65 bits per heavy atom. The van der Waals surface area contributed by atoms with Crippen LogP contribution >= 0.6 is 0 Å². The fraction of sp³-hybridized carbons (Fsp3) is 0.391. The van der Waals surface area contributed by atoms with Crippen molar-refractivity contribution in [3.05, 3.63) is 54.3 Å². The van der Waals surface area contributed by atoms with Gasteiger partial charge in [0.2, 0.25) is 5.95 Å². The summed E-state index contributed by atoms with van der Waals surface area (Å²) in [7, 11) is 0. The number of primary amides is 1. The number of likely N-dealkylation sites (tertiary alicyclic amines) is 1. The highest BCUT2D eigenvalue weighted by molar-refractivity contribution is 6.05. The number of anilines is 1. The van der Waals surface area contributed by atoms with Gasteiger partial charge in [-0.25, -0.2) is 9.97 Å². The number of carbonyl (C=O) groups excluding carboxylic acids is 2. The molecule has 0 radical (unpaired) electrons. The average molecular weight is 423 g/mol. The molecule has 8 heteroatoms. The highest BCUT2D eigenvalue weighted by Gasteiger charge is 2.18. The molecule has 0 spiro atoms. The van der Waals surface area contributed by atoms with Gasteiger partial charge in [-0.15, -0.1) is 0 Å². The Kier molecular flexibility index (Phi) is 7.72. The third-order valence-electron chi connectivity index (χ3n) is 5.28. The summed E-state index contributed by atoms with van der Waals surface area (Å²) >= 11 is 0. The van der Waals surface area contributed by atoms with E-state index in [1.807, 2.05) is 11.5 Å². The Labute approximate surface area is 182 Å². The molecule has 8 nitrogen and oxygen atoms in total. The van der Waals surface area contributed by atoms with Crippen molar-refractivity contribution in [3.63, 3.8) is 0 Å². The van der Waals surface area contributed by atoms with Crippen LogP contribution in [0.2, 0.25) is 0 Å². The van der Waals surface area contributed by atoms with Crippen LogP contribution in [0, 0.1) is 0 Å². The maximum absolute atomic E-state index is 12.8. The van der Waals surface area contributed by atoms with Gasteiger partial charge in [0.1, 0.15) is 11.2 Å². The Balaban J connectivity index is 1.88. The van der Waals surface area contributed by atoms with Crippen LogP contribution < -0.4 is 11.1 Å². The molecule has 0 aliphatic carbocycles. The van der Waals surface area contributed by atoms with E-state index in [0.717, 1.165) is 26.1 Å². The number of hydrogen-bond acceptors (Lipinski definition) is 5. The van der Waals surface area contributed by atoms with Crippen molar-refractivity contribution in [2.75, 3.05) is 25.0 Å². The number of nitrogens with zero attached hydrogens (tertiary/aromatic N) is 4. The molecule has 1 aliphatic heterocycles. The fourth-order valence-electron chi connectivity index (χ4n) is 3.77. The van der Waals surface area contributed by atoms with E-state index >= 15 is 0 Å². The third-order valence-corrected chi connectivity index (χ3v) is 5.28. The summed E-state index contributed by atoms with van der Waals surface area (Å²) in [4.78, 5) is 35.8. The van der Waals surface area contributed by atoms with Gasteiger partial charge in [-0.05, 0) is 58.0 Å². The van der Waals surface area contributed by atoms with E-state index < -0.39 is 5.91 Å². The van der Waals surface area contributed by atoms with Crippen LogP contribution in [0.25, 0.3) is 11.2 Å². The van der Waals surface area contributed by atoms with Gasteiger partial charge in [-0.3, -0.25) is 19.5 Å². The second-order valence-corrected chi connectivity index (χ2v) is 7.56. The Morgan fingerprint density at radius 1 is 1.19 bits per heavy atom. The topological polar surface area (TPSA) is 106 Å². The lowest BCUT2D eigenvalue weighted by atomic mass is 10.1. The van der Waals surface area contributed by atoms with Crippen molar-refractivity contribution >= 4 is 28.9 Å². The quantitative estimate of drug-likeness (QED) is 0.477. The summed E-state index contributed by atoms with van der Waals surface area (Å²) in [5.41, 5.74) is 7.18. The number of carbonyl (C=O) groups is 2. The lowest BCUT2D eigenvalue weighted by Gasteiger charge is -2.26. The molecule has 3 rings (SSSR count). The summed E-state index contributed by atoms with van der Waals surface area (Å²) in [6.07, 6.45) is 11.4. The normalized spacial score (nSPS) is 15.5.